The van der Waals surface area contributed by atoms with E-state index >= 15 is 0 Å². The smallest absolute Gasteiger partial charge is 0.259 e. The number of amides is 1. The van der Waals surface area contributed by atoms with Crippen LogP contribution in [0.5, 0.6) is 0 Å². The highest BCUT2D eigenvalue weighted by atomic mass is 32.2. The fraction of sp³-hybridized carbons (Fsp3) is 0.429. The predicted molar refractivity (Wildman–Crippen MR) is 147 cm³/mol. The predicted octanol–water partition coefficient (Wildman–Crippen LogP) is 4.72. The summed E-state index contributed by atoms with van der Waals surface area (Å²) in [6.45, 7) is 9.34. The number of anilines is 1. The molecule has 2 heterocycles. The lowest BCUT2D eigenvalue weighted by molar-refractivity contribution is 0.102. The van der Waals surface area contributed by atoms with Crippen LogP contribution in [-0.4, -0.2) is 66.5 Å². The highest BCUT2D eigenvalue weighted by molar-refractivity contribution is 7.89. The third-order valence-electron chi connectivity index (χ3n) is 7.07. The van der Waals surface area contributed by atoms with Crippen LogP contribution >= 0.6 is 0 Å². The fourth-order valence-corrected chi connectivity index (χ4v) is 6.44. The van der Waals surface area contributed by atoms with Crippen LogP contribution < -0.4 is 5.32 Å². The molecule has 38 heavy (non-hydrogen) atoms. The van der Waals surface area contributed by atoms with Gasteiger partial charge in [-0.3, -0.25) is 9.48 Å². The van der Waals surface area contributed by atoms with Gasteiger partial charge in [0, 0.05) is 24.3 Å². The second-order valence-corrected chi connectivity index (χ2v) is 13.0. The third kappa shape index (κ3) is 5.67. The zero-order valence-corrected chi connectivity index (χ0v) is 23.6. The number of likely N-dealkylation sites (tertiary alicyclic amines) is 1. The zero-order chi connectivity index (χ0) is 27.8. The highest BCUT2D eigenvalue weighted by Crippen LogP contribution is 2.31. The van der Waals surface area contributed by atoms with Gasteiger partial charge in [0.25, 0.3) is 5.91 Å². The summed E-state index contributed by atoms with van der Waals surface area (Å²) in [5.41, 5.74) is 2.04. The van der Waals surface area contributed by atoms with Gasteiger partial charge in [0.05, 0.1) is 27.9 Å². The first kappa shape index (κ1) is 27.9. The van der Waals surface area contributed by atoms with Crippen molar-refractivity contribution in [3.8, 4) is 11.3 Å². The maximum absolute atomic E-state index is 13.6. The van der Waals surface area contributed by atoms with Crippen LogP contribution in [0.15, 0.2) is 53.6 Å². The van der Waals surface area contributed by atoms with Gasteiger partial charge in [0.15, 0.2) is 0 Å². The van der Waals surface area contributed by atoms with Crippen molar-refractivity contribution < 1.29 is 17.6 Å². The van der Waals surface area contributed by atoms with E-state index in [-0.39, 0.29) is 16.8 Å². The summed E-state index contributed by atoms with van der Waals surface area (Å²) in [6.07, 6.45) is 3.02. The Bertz CT molecular complexity index is 1420. The summed E-state index contributed by atoms with van der Waals surface area (Å²) in [4.78, 5) is 15.8. The SMILES string of the molecule is Cc1ccc(NC(=O)c2cnn(C(C)(C)C)c2-c2ccc(F)cc2)cc1S(=O)(=O)N(C)C1CCN(C)CC1. The molecule has 0 aliphatic carbocycles. The first-order valence-corrected chi connectivity index (χ1v) is 14.2. The molecule has 4 rings (SSSR count). The van der Waals surface area contributed by atoms with Gasteiger partial charge in [-0.25, -0.2) is 12.8 Å². The zero-order valence-electron chi connectivity index (χ0n) is 22.8. The summed E-state index contributed by atoms with van der Waals surface area (Å²) in [6, 6.07) is 10.7. The summed E-state index contributed by atoms with van der Waals surface area (Å²) in [5.74, 6) is -0.809. The molecule has 0 unspecified atom stereocenters. The van der Waals surface area contributed by atoms with Gasteiger partial charge < -0.3 is 10.2 Å². The van der Waals surface area contributed by atoms with E-state index in [1.54, 1.807) is 42.9 Å². The summed E-state index contributed by atoms with van der Waals surface area (Å²) >= 11 is 0. The van der Waals surface area contributed by atoms with E-state index in [2.05, 4.69) is 15.3 Å². The van der Waals surface area contributed by atoms with Crippen LogP contribution in [0.2, 0.25) is 0 Å². The van der Waals surface area contributed by atoms with Crippen LogP contribution in [0.4, 0.5) is 10.1 Å². The number of carbonyl (C=O) groups excluding carboxylic acids is 1. The molecule has 1 fully saturated rings. The van der Waals surface area contributed by atoms with Crippen molar-refractivity contribution in [2.24, 2.45) is 0 Å². The minimum Gasteiger partial charge on any atom is -0.322 e. The van der Waals surface area contributed by atoms with Crippen molar-refractivity contribution >= 4 is 21.6 Å². The number of hydrogen-bond donors (Lipinski definition) is 1. The van der Waals surface area contributed by atoms with E-state index in [1.165, 1.54) is 28.7 Å². The number of hydrogen-bond acceptors (Lipinski definition) is 5. The Morgan fingerprint density at radius 3 is 2.34 bits per heavy atom. The number of sulfonamides is 1. The van der Waals surface area contributed by atoms with E-state index in [0.29, 0.717) is 28.1 Å². The number of piperidine rings is 1. The largest absolute Gasteiger partial charge is 0.322 e. The molecule has 8 nitrogen and oxygen atoms in total. The molecule has 204 valence electrons. The van der Waals surface area contributed by atoms with Gasteiger partial charge in [-0.1, -0.05) is 6.07 Å². The first-order chi connectivity index (χ1) is 17.8. The van der Waals surface area contributed by atoms with Gasteiger partial charge in [-0.15, -0.1) is 0 Å². The lowest BCUT2D eigenvalue weighted by atomic mass is 10.0. The Morgan fingerprint density at radius 1 is 1.11 bits per heavy atom. The molecule has 1 N–H and O–H groups in total. The highest BCUT2D eigenvalue weighted by Gasteiger charge is 2.32. The topological polar surface area (TPSA) is 87.5 Å². The molecular formula is C28H36FN5O3S. The van der Waals surface area contributed by atoms with Gasteiger partial charge >= 0.3 is 0 Å². The van der Waals surface area contributed by atoms with Crippen molar-refractivity contribution in [1.82, 2.24) is 19.0 Å². The maximum atomic E-state index is 13.6. The van der Waals surface area contributed by atoms with E-state index in [1.807, 2.05) is 27.8 Å². The molecule has 3 aromatic rings. The molecule has 10 heteroatoms. The minimum absolute atomic E-state index is 0.0737. The number of carbonyl (C=O) groups is 1. The molecular weight excluding hydrogens is 505 g/mol. The molecule has 0 radical (unpaired) electrons. The van der Waals surface area contributed by atoms with Gasteiger partial charge in [0.1, 0.15) is 5.82 Å². The van der Waals surface area contributed by atoms with Gasteiger partial charge in [-0.2, -0.15) is 9.40 Å². The Labute approximate surface area is 224 Å². The lowest BCUT2D eigenvalue weighted by Gasteiger charge is -2.34. The molecule has 0 bridgehead atoms. The first-order valence-electron chi connectivity index (χ1n) is 12.7. The lowest BCUT2D eigenvalue weighted by Crippen LogP contribution is -2.44. The van der Waals surface area contributed by atoms with Crippen molar-refractivity contribution in [1.29, 1.82) is 0 Å². The average molecular weight is 542 g/mol. The molecule has 0 spiro atoms. The number of aromatic nitrogens is 2. The fourth-order valence-electron chi connectivity index (χ4n) is 4.77. The Kier molecular flexibility index (Phi) is 7.79. The molecule has 2 aromatic carbocycles. The van der Waals surface area contributed by atoms with Gasteiger partial charge in [-0.05, 0) is 103 Å². The molecule has 1 aromatic heterocycles. The second-order valence-electron chi connectivity index (χ2n) is 11.0. The number of rotatable bonds is 6. The summed E-state index contributed by atoms with van der Waals surface area (Å²) in [5, 5.41) is 7.31. The average Bonchev–Trinajstić information content (AvgIpc) is 3.32. The maximum Gasteiger partial charge on any atom is 0.259 e. The van der Waals surface area contributed by atoms with E-state index in [4.69, 9.17) is 0 Å². The van der Waals surface area contributed by atoms with Gasteiger partial charge in [0.2, 0.25) is 10.0 Å². The standard InChI is InChI=1S/C28H36FN5O3S/c1-19-7-12-22(17-25(19)38(36,37)33(6)23-13-15-32(5)16-14-23)31-27(35)24-18-30-34(28(2,3)4)26(24)20-8-10-21(29)11-9-20/h7-12,17-18,23H,13-16H2,1-6H3,(H,31,35). The molecule has 1 amide bonds. The number of halogens is 1. The van der Waals surface area contributed by atoms with Crippen molar-refractivity contribution in [2.45, 2.75) is 57.0 Å². The minimum atomic E-state index is -3.77. The second kappa shape index (κ2) is 10.6. The van der Waals surface area contributed by atoms with Crippen molar-refractivity contribution in [2.75, 3.05) is 32.5 Å². The Hall–Kier alpha value is -3.08. The molecule has 1 aliphatic rings. The summed E-state index contributed by atoms with van der Waals surface area (Å²) < 4.78 is 44.0. The molecule has 1 saturated heterocycles. The quantitative estimate of drug-likeness (QED) is 0.488. The van der Waals surface area contributed by atoms with Crippen LogP contribution in [0.25, 0.3) is 11.3 Å². The third-order valence-corrected chi connectivity index (χ3v) is 9.12. The number of aryl methyl sites for hydroxylation is 1. The van der Waals surface area contributed by atoms with Crippen LogP contribution in [0.1, 0.15) is 49.5 Å². The van der Waals surface area contributed by atoms with Crippen LogP contribution in [0, 0.1) is 12.7 Å². The molecule has 0 saturated carbocycles. The normalized spacial score (nSPS) is 15.7. The molecule has 1 aliphatic heterocycles. The Morgan fingerprint density at radius 2 is 1.74 bits per heavy atom. The van der Waals surface area contributed by atoms with Crippen molar-refractivity contribution in [3.05, 3.63) is 65.6 Å². The van der Waals surface area contributed by atoms with Crippen LogP contribution in [-0.2, 0) is 15.6 Å². The van der Waals surface area contributed by atoms with Crippen molar-refractivity contribution in [3.63, 3.8) is 0 Å². The monoisotopic (exact) mass is 541 g/mol. The molecule has 0 atom stereocenters. The van der Waals surface area contributed by atoms with E-state index in [0.717, 1.165) is 25.9 Å². The summed E-state index contributed by atoms with van der Waals surface area (Å²) in [7, 11) is -0.102. The van der Waals surface area contributed by atoms with E-state index in [9.17, 15) is 17.6 Å². The number of benzene rings is 2. The Balaban J connectivity index is 1.65. The number of nitrogens with one attached hydrogen (secondary N) is 1. The van der Waals surface area contributed by atoms with E-state index < -0.39 is 21.5 Å². The number of nitrogens with zero attached hydrogens (tertiary/aromatic N) is 4. The van der Waals surface area contributed by atoms with Crippen LogP contribution in [0.3, 0.4) is 0 Å².